The second-order valence-corrected chi connectivity index (χ2v) is 5.85. The van der Waals surface area contributed by atoms with Gasteiger partial charge in [-0.3, -0.25) is 4.40 Å². The molecule has 2 heterocycles. The Kier molecular flexibility index (Phi) is 1.83. The van der Waals surface area contributed by atoms with Crippen LogP contribution >= 0.6 is 11.3 Å². The fourth-order valence-corrected chi connectivity index (χ4v) is 3.42. The molecule has 7 heteroatoms. The minimum Gasteiger partial charge on any atom is -0.369 e. The lowest BCUT2D eigenvalue weighted by atomic mass is 10.6. The largest absolute Gasteiger partial charge is 0.369 e. The molecule has 0 saturated heterocycles. The highest BCUT2D eigenvalue weighted by Crippen LogP contribution is 2.26. The van der Waals surface area contributed by atoms with Gasteiger partial charge >= 0.3 is 0 Å². The molecule has 5 nitrogen and oxygen atoms in total. The quantitative estimate of drug-likeness (QED) is 0.783. The summed E-state index contributed by atoms with van der Waals surface area (Å²) >= 11 is 1.33. The molecule has 2 aromatic rings. The number of rotatable bonds is 1. The van der Waals surface area contributed by atoms with Crippen molar-refractivity contribution in [2.75, 3.05) is 12.0 Å². The van der Waals surface area contributed by atoms with Crippen LogP contribution in [0.3, 0.4) is 0 Å². The van der Waals surface area contributed by atoms with Crippen molar-refractivity contribution >= 4 is 32.0 Å². The molecule has 0 fully saturated rings. The maximum Gasteiger partial charge on any atom is 0.207 e. The van der Waals surface area contributed by atoms with Gasteiger partial charge < -0.3 is 5.73 Å². The van der Waals surface area contributed by atoms with Crippen molar-refractivity contribution in [3.8, 4) is 0 Å². The molecule has 2 aromatic heterocycles. The maximum atomic E-state index is 11.3. The summed E-state index contributed by atoms with van der Waals surface area (Å²) in [7, 11) is -3.30. The predicted molar refractivity (Wildman–Crippen MR) is 55.3 cm³/mol. The van der Waals surface area contributed by atoms with Crippen molar-refractivity contribution in [3.63, 3.8) is 0 Å². The number of aryl methyl sites for hydroxylation is 1. The van der Waals surface area contributed by atoms with Gasteiger partial charge in [0.25, 0.3) is 0 Å². The van der Waals surface area contributed by atoms with E-state index < -0.39 is 9.84 Å². The predicted octanol–water partition coefficient (Wildman–Crippen LogP) is 0.690. The maximum absolute atomic E-state index is 11.3. The Hall–Kier alpha value is -1.08. The average Bonchev–Trinajstić information content (AvgIpc) is 2.54. The molecule has 2 N–H and O–H groups in total. The summed E-state index contributed by atoms with van der Waals surface area (Å²) in [6, 6.07) is 0. The fraction of sp³-hybridized carbons (Fsp3) is 0.286. The molecule has 0 amide bonds. The molecular weight excluding hydrogens is 222 g/mol. The van der Waals surface area contributed by atoms with E-state index in [1.54, 1.807) is 4.40 Å². The third kappa shape index (κ3) is 1.20. The zero-order valence-corrected chi connectivity index (χ0v) is 9.32. The summed E-state index contributed by atoms with van der Waals surface area (Å²) in [5.41, 5.74) is 6.51. The van der Waals surface area contributed by atoms with Crippen molar-refractivity contribution in [2.24, 2.45) is 0 Å². The number of hydrogen-bond acceptors (Lipinski definition) is 5. The number of anilines is 1. The lowest BCUT2D eigenvalue weighted by Crippen LogP contribution is -1.97. The van der Waals surface area contributed by atoms with E-state index >= 15 is 0 Å². The highest BCUT2D eigenvalue weighted by atomic mass is 32.2. The number of imidazole rings is 1. The molecule has 0 aromatic carbocycles. The number of nitrogens with zero attached hydrogens (tertiary/aromatic N) is 2. The summed E-state index contributed by atoms with van der Waals surface area (Å²) in [6.45, 7) is 1.85. The van der Waals surface area contributed by atoms with E-state index in [-0.39, 0.29) is 11.0 Å². The topological polar surface area (TPSA) is 77.5 Å². The summed E-state index contributed by atoms with van der Waals surface area (Å²) in [6.07, 6.45) is 1.13. The fourth-order valence-electron chi connectivity index (χ4n) is 1.28. The Balaban J connectivity index is 2.94. The molecule has 0 bridgehead atoms. The van der Waals surface area contributed by atoms with Gasteiger partial charge in [0.15, 0.2) is 14.9 Å². The van der Waals surface area contributed by atoms with Crippen LogP contribution in [0.2, 0.25) is 0 Å². The van der Waals surface area contributed by atoms with Gasteiger partial charge in [0.2, 0.25) is 5.95 Å². The first kappa shape index (κ1) is 9.47. The van der Waals surface area contributed by atoms with Crippen LogP contribution in [0.25, 0.3) is 4.83 Å². The third-order valence-corrected chi connectivity index (χ3v) is 4.05. The molecule has 0 atom stereocenters. The monoisotopic (exact) mass is 231 g/mol. The first-order chi connectivity index (χ1) is 6.41. The van der Waals surface area contributed by atoms with Crippen LogP contribution in [0.15, 0.2) is 10.4 Å². The Bertz CT molecular complexity index is 594. The second kappa shape index (κ2) is 2.71. The van der Waals surface area contributed by atoms with Gasteiger partial charge in [-0.1, -0.05) is 0 Å². The summed E-state index contributed by atoms with van der Waals surface area (Å²) < 4.78 is 24.3. The summed E-state index contributed by atoms with van der Waals surface area (Å²) in [5, 5.41) is 1.91. The van der Waals surface area contributed by atoms with Crippen LogP contribution in [0.1, 0.15) is 5.69 Å². The Morgan fingerprint density at radius 3 is 2.79 bits per heavy atom. The number of sulfone groups is 1. The van der Waals surface area contributed by atoms with Crippen molar-refractivity contribution in [3.05, 3.63) is 11.1 Å². The normalized spacial score (nSPS) is 12.4. The first-order valence-electron chi connectivity index (χ1n) is 3.83. The summed E-state index contributed by atoms with van der Waals surface area (Å²) in [5.74, 6) is 0.221. The van der Waals surface area contributed by atoms with E-state index in [2.05, 4.69) is 4.98 Å². The van der Waals surface area contributed by atoms with E-state index in [9.17, 15) is 8.42 Å². The smallest absolute Gasteiger partial charge is 0.207 e. The molecule has 2 rings (SSSR count). The van der Waals surface area contributed by atoms with Gasteiger partial charge in [0.05, 0.1) is 0 Å². The average molecular weight is 231 g/mol. The molecule has 0 aliphatic heterocycles. The van der Waals surface area contributed by atoms with Crippen LogP contribution in [0.5, 0.6) is 0 Å². The van der Waals surface area contributed by atoms with Gasteiger partial charge in [-0.15, -0.1) is 11.3 Å². The van der Waals surface area contributed by atoms with E-state index in [0.717, 1.165) is 11.9 Å². The van der Waals surface area contributed by atoms with Crippen molar-refractivity contribution in [1.29, 1.82) is 0 Å². The first-order valence-corrected chi connectivity index (χ1v) is 6.60. The van der Waals surface area contributed by atoms with Gasteiger partial charge in [-0.25, -0.2) is 8.42 Å². The lowest BCUT2D eigenvalue weighted by Gasteiger charge is -1.89. The Labute approximate surface area is 85.1 Å². The van der Waals surface area contributed by atoms with Crippen LogP contribution in [-0.2, 0) is 9.84 Å². The zero-order valence-electron chi connectivity index (χ0n) is 7.68. The number of aromatic nitrogens is 2. The molecular formula is C7H9N3O2S2. The molecule has 76 valence electrons. The van der Waals surface area contributed by atoms with Crippen molar-refractivity contribution in [1.82, 2.24) is 9.38 Å². The number of fused-ring (bicyclic) bond motifs is 1. The molecule has 0 unspecified atom stereocenters. The zero-order chi connectivity index (χ0) is 10.5. The van der Waals surface area contributed by atoms with E-state index in [4.69, 9.17) is 5.73 Å². The van der Waals surface area contributed by atoms with E-state index in [1.165, 1.54) is 11.3 Å². The molecule has 0 aliphatic carbocycles. The van der Waals surface area contributed by atoms with Gasteiger partial charge in [-0.05, 0) is 6.92 Å². The van der Waals surface area contributed by atoms with E-state index in [1.807, 2.05) is 12.3 Å². The van der Waals surface area contributed by atoms with Crippen molar-refractivity contribution in [2.45, 2.75) is 11.9 Å². The SMILES string of the molecule is Cc1csc2c(S(C)(=O)=O)nc(N)n12. The Morgan fingerprint density at radius 2 is 2.21 bits per heavy atom. The number of hydrogen-bond donors (Lipinski definition) is 1. The van der Waals surface area contributed by atoms with Gasteiger partial charge in [-0.2, -0.15) is 4.98 Å². The summed E-state index contributed by atoms with van der Waals surface area (Å²) in [4.78, 5) is 4.43. The number of nitrogens with two attached hydrogens (primary N) is 1. The number of nitrogen functional groups attached to an aromatic ring is 1. The standard InChI is InChI=1S/C7H9N3O2S2/c1-4-3-13-6-5(14(2,11)12)9-7(8)10(4)6/h3H,1-2H3,(H2,8,9). The molecule has 0 spiro atoms. The van der Waals surface area contributed by atoms with Gasteiger partial charge in [0, 0.05) is 17.3 Å². The minimum atomic E-state index is -3.30. The van der Waals surface area contributed by atoms with Crippen LogP contribution < -0.4 is 5.73 Å². The van der Waals surface area contributed by atoms with Gasteiger partial charge in [0.1, 0.15) is 4.83 Å². The molecule has 0 aliphatic rings. The van der Waals surface area contributed by atoms with Crippen LogP contribution in [0, 0.1) is 6.92 Å². The lowest BCUT2D eigenvalue weighted by molar-refractivity contribution is 0.600. The van der Waals surface area contributed by atoms with Crippen molar-refractivity contribution < 1.29 is 8.42 Å². The molecule has 0 radical (unpaired) electrons. The highest BCUT2D eigenvalue weighted by Gasteiger charge is 2.20. The van der Waals surface area contributed by atoms with Crippen LogP contribution in [-0.4, -0.2) is 24.1 Å². The molecule has 0 saturated carbocycles. The highest BCUT2D eigenvalue weighted by molar-refractivity contribution is 7.91. The van der Waals surface area contributed by atoms with Crippen LogP contribution in [0.4, 0.5) is 5.95 Å². The Morgan fingerprint density at radius 1 is 1.57 bits per heavy atom. The van der Waals surface area contributed by atoms with E-state index in [0.29, 0.717) is 4.83 Å². The number of thiazole rings is 1. The minimum absolute atomic E-state index is 0.0631. The molecule has 14 heavy (non-hydrogen) atoms. The second-order valence-electron chi connectivity index (χ2n) is 3.06. The third-order valence-electron chi connectivity index (χ3n) is 1.88.